The van der Waals surface area contributed by atoms with Crippen molar-refractivity contribution in [2.45, 2.75) is 25.7 Å². The van der Waals surface area contributed by atoms with Crippen LogP contribution >= 0.6 is 0 Å². The summed E-state index contributed by atoms with van der Waals surface area (Å²) in [5, 5.41) is 3.57. The average molecular weight is 231 g/mol. The minimum Gasteiger partial charge on any atom is -0.497 e. The van der Waals surface area contributed by atoms with Crippen molar-refractivity contribution in [2.24, 2.45) is 17.8 Å². The van der Waals surface area contributed by atoms with Gasteiger partial charge in [-0.3, -0.25) is 0 Å². The maximum atomic E-state index is 5.16. The molecule has 0 aliphatic heterocycles. The molecular formula is C15H21NO. The van der Waals surface area contributed by atoms with E-state index < -0.39 is 0 Å². The highest BCUT2D eigenvalue weighted by Crippen LogP contribution is 2.48. The van der Waals surface area contributed by atoms with Crippen LogP contribution in [-0.2, 0) is 0 Å². The maximum Gasteiger partial charge on any atom is 0.119 e. The van der Waals surface area contributed by atoms with Crippen molar-refractivity contribution in [2.75, 3.05) is 19.0 Å². The number of methoxy groups -OCH3 is 1. The van der Waals surface area contributed by atoms with E-state index in [1.54, 1.807) is 7.11 Å². The van der Waals surface area contributed by atoms with E-state index in [9.17, 15) is 0 Å². The van der Waals surface area contributed by atoms with Crippen LogP contribution in [0, 0.1) is 17.8 Å². The van der Waals surface area contributed by atoms with E-state index in [2.05, 4.69) is 17.4 Å². The van der Waals surface area contributed by atoms with E-state index in [0.717, 1.165) is 30.0 Å². The molecule has 3 atom stereocenters. The molecule has 2 aliphatic rings. The summed E-state index contributed by atoms with van der Waals surface area (Å²) in [4.78, 5) is 0. The molecule has 2 nitrogen and oxygen atoms in total. The van der Waals surface area contributed by atoms with Crippen molar-refractivity contribution < 1.29 is 4.74 Å². The summed E-state index contributed by atoms with van der Waals surface area (Å²) >= 11 is 0. The fourth-order valence-electron chi connectivity index (χ4n) is 3.58. The Bertz CT molecular complexity index is 373. The molecule has 2 aliphatic carbocycles. The van der Waals surface area contributed by atoms with Crippen LogP contribution in [0.2, 0.25) is 0 Å². The Morgan fingerprint density at radius 2 is 2.00 bits per heavy atom. The van der Waals surface area contributed by atoms with Gasteiger partial charge in [0.05, 0.1) is 7.11 Å². The second-order valence-electron chi connectivity index (χ2n) is 5.54. The van der Waals surface area contributed by atoms with Crippen LogP contribution in [0.5, 0.6) is 5.75 Å². The summed E-state index contributed by atoms with van der Waals surface area (Å²) in [6, 6.07) is 8.24. The fraction of sp³-hybridized carbons (Fsp3) is 0.600. The second-order valence-corrected chi connectivity index (χ2v) is 5.54. The molecule has 0 amide bonds. The SMILES string of the molecule is COc1ccc(NC[C@H]2C[C@@H]3CC[C@H]2C3)cc1. The third-order valence-corrected chi connectivity index (χ3v) is 4.54. The van der Waals surface area contributed by atoms with Gasteiger partial charge in [-0.15, -0.1) is 0 Å². The first-order chi connectivity index (χ1) is 8.35. The lowest BCUT2D eigenvalue weighted by atomic mass is 9.89. The number of fused-ring (bicyclic) bond motifs is 2. The zero-order valence-corrected chi connectivity index (χ0v) is 10.5. The first-order valence-corrected chi connectivity index (χ1v) is 6.73. The van der Waals surface area contributed by atoms with E-state index in [1.807, 2.05) is 12.1 Å². The molecule has 1 aromatic rings. The summed E-state index contributed by atoms with van der Waals surface area (Å²) in [6.45, 7) is 1.15. The molecule has 2 bridgehead atoms. The van der Waals surface area contributed by atoms with Crippen molar-refractivity contribution in [3.63, 3.8) is 0 Å². The fourth-order valence-corrected chi connectivity index (χ4v) is 3.58. The normalized spacial score (nSPS) is 30.5. The number of anilines is 1. The Morgan fingerprint density at radius 1 is 1.18 bits per heavy atom. The molecule has 2 heteroatoms. The molecule has 1 aromatic carbocycles. The van der Waals surface area contributed by atoms with Crippen molar-refractivity contribution in [1.82, 2.24) is 0 Å². The van der Waals surface area contributed by atoms with Gasteiger partial charge in [0.1, 0.15) is 5.75 Å². The standard InChI is InChI=1S/C15H21NO/c1-17-15-6-4-14(5-7-15)16-10-13-9-11-2-3-12(13)8-11/h4-7,11-13,16H,2-3,8-10H2,1H3/t11-,12+,13-/m1/s1. The van der Waals surface area contributed by atoms with Crippen molar-refractivity contribution >= 4 is 5.69 Å². The summed E-state index contributed by atoms with van der Waals surface area (Å²) in [6.07, 6.45) is 5.91. The largest absolute Gasteiger partial charge is 0.497 e. The van der Waals surface area contributed by atoms with Crippen LogP contribution in [0.1, 0.15) is 25.7 Å². The highest BCUT2D eigenvalue weighted by Gasteiger charge is 2.38. The zero-order chi connectivity index (χ0) is 11.7. The number of rotatable bonds is 4. The van der Waals surface area contributed by atoms with E-state index in [-0.39, 0.29) is 0 Å². The van der Waals surface area contributed by atoms with Gasteiger partial charge in [0.25, 0.3) is 0 Å². The Hall–Kier alpha value is -1.18. The minimum atomic E-state index is 0.913. The summed E-state index contributed by atoms with van der Waals surface area (Å²) in [7, 11) is 1.71. The number of benzene rings is 1. The molecule has 0 heterocycles. The Labute approximate surface area is 103 Å². The van der Waals surface area contributed by atoms with E-state index in [4.69, 9.17) is 4.74 Å². The zero-order valence-electron chi connectivity index (χ0n) is 10.5. The summed E-state index contributed by atoms with van der Waals surface area (Å²) in [5.41, 5.74) is 1.22. The third kappa shape index (κ3) is 2.26. The molecule has 3 rings (SSSR count). The highest BCUT2D eigenvalue weighted by molar-refractivity contribution is 5.46. The minimum absolute atomic E-state index is 0.913. The number of hydrogen-bond donors (Lipinski definition) is 1. The predicted molar refractivity (Wildman–Crippen MR) is 70.4 cm³/mol. The number of ether oxygens (including phenoxy) is 1. The molecule has 92 valence electrons. The lowest BCUT2D eigenvalue weighted by Gasteiger charge is -2.22. The summed E-state index contributed by atoms with van der Waals surface area (Å²) in [5.74, 6) is 3.89. The van der Waals surface area contributed by atoms with Gasteiger partial charge in [-0.2, -0.15) is 0 Å². The molecule has 0 saturated heterocycles. The molecule has 17 heavy (non-hydrogen) atoms. The molecule has 2 fully saturated rings. The van der Waals surface area contributed by atoms with Crippen molar-refractivity contribution in [3.8, 4) is 5.75 Å². The van der Waals surface area contributed by atoms with Crippen LogP contribution in [0.25, 0.3) is 0 Å². The number of nitrogens with one attached hydrogen (secondary N) is 1. The van der Waals surface area contributed by atoms with Gasteiger partial charge < -0.3 is 10.1 Å². The number of hydrogen-bond acceptors (Lipinski definition) is 2. The van der Waals surface area contributed by atoms with Crippen LogP contribution in [0.4, 0.5) is 5.69 Å². The van der Waals surface area contributed by atoms with E-state index in [0.29, 0.717) is 0 Å². The maximum absolute atomic E-state index is 5.16. The first kappa shape index (κ1) is 10.9. The predicted octanol–water partition coefficient (Wildman–Crippen LogP) is 3.54. The van der Waals surface area contributed by atoms with E-state index in [1.165, 1.54) is 31.4 Å². The molecular weight excluding hydrogens is 210 g/mol. The third-order valence-electron chi connectivity index (χ3n) is 4.54. The van der Waals surface area contributed by atoms with Gasteiger partial charge in [-0.05, 0) is 61.3 Å². The van der Waals surface area contributed by atoms with Gasteiger partial charge in [-0.25, -0.2) is 0 Å². The molecule has 1 N–H and O–H groups in total. The topological polar surface area (TPSA) is 21.3 Å². The van der Waals surface area contributed by atoms with Gasteiger partial charge in [0, 0.05) is 12.2 Å². The van der Waals surface area contributed by atoms with E-state index >= 15 is 0 Å². The Balaban J connectivity index is 1.53. The Kier molecular flexibility index (Phi) is 2.96. The quantitative estimate of drug-likeness (QED) is 0.855. The molecule has 0 radical (unpaired) electrons. The van der Waals surface area contributed by atoms with Gasteiger partial charge in [-0.1, -0.05) is 6.42 Å². The second kappa shape index (κ2) is 4.59. The Morgan fingerprint density at radius 3 is 2.59 bits per heavy atom. The van der Waals surface area contributed by atoms with Crippen molar-refractivity contribution in [3.05, 3.63) is 24.3 Å². The van der Waals surface area contributed by atoms with Crippen LogP contribution in [0.3, 0.4) is 0 Å². The van der Waals surface area contributed by atoms with Crippen LogP contribution < -0.4 is 10.1 Å². The average Bonchev–Trinajstić information content (AvgIpc) is 2.99. The van der Waals surface area contributed by atoms with Gasteiger partial charge in [0.15, 0.2) is 0 Å². The summed E-state index contributed by atoms with van der Waals surface area (Å²) < 4.78 is 5.16. The van der Waals surface area contributed by atoms with Gasteiger partial charge >= 0.3 is 0 Å². The molecule has 2 saturated carbocycles. The van der Waals surface area contributed by atoms with Crippen molar-refractivity contribution in [1.29, 1.82) is 0 Å². The van der Waals surface area contributed by atoms with Gasteiger partial charge in [0.2, 0.25) is 0 Å². The monoisotopic (exact) mass is 231 g/mol. The molecule has 0 unspecified atom stereocenters. The van der Waals surface area contributed by atoms with Crippen LogP contribution in [0.15, 0.2) is 24.3 Å². The molecule has 0 spiro atoms. The smallest absolute Gasteiger partial charge is 0.119 e. The lowest BCUT2D eigenvalue weighted by molar-refractivity contribution is 0.348. The first-order valence-electron chi connectivity index (χ1n) is 6.73. The van der Waals surface area contributed by atoms with Crippen LogP contribution in [-0.4, -0.2) is 13.7 Å². The lowest BCUT2D eigenvalue weighted by Crippen LogP contribution is -2.20. The molecule has 0 aromatic heterocycles. The highest BCUT2D eigenvalue weighted by atomic mass is 16.5.